The molecule has 3 amide bonds. The van der Waals surface area contributed by atoms with Crippen LogP contribution in [0.3, 0.4) is 0 Å². The molecule has 6 rings (SSSR count). The quantitative estimate of drug-likeness (QED) is 0.173. The molecule has 0 spiro atoms. The summed E-state index contributed by atoms with van der Waals surface area (Å²) in [5.41, 5.74) is 1.56. The van der Waals surface area contributed by atoms with Gasteiger partial charge in [0.25, 0.3) is 21.8 Å². The second kappa shape index (κ2) is 14.3. The molecule has 0 bridgehead atoms. The molecule has 1 N–H and O–H groups in total. The number of carbonyl (C=O) groups is 3. The molecule has 1 unspecified atom stereocenters. The van der Waals surface area contributed by atoms with Gasteiger partial charge in [-0.3, -0.25) is 13.9 Å². The molecule has 0 saturated carbocycles. The molecule has 0 aliphatic carbocycles. The van der Waals surface area contributed by atoms with Crippen molar-refractivity contribution in [3.05, 3.63) is 114 Å². The third-order valence-electron chi connectivity index (χ3n) is 8.42. The molecule has 51 heavy (non-hydrogen) atoms. The van der Waals surface area contributed by atoms with Gasteiger partial charge in [0, 0.05) is 13.0 Å². The lowest BCUT2D eigenvalue weighted by atomic mass is 10.1. The van der Waals surface area contributed by atoms with Gasteiger partial charge in [0.2, 0.25) is 0 Å². The van der Waals surface area contributed by atoms with Crippen LogP contribution in [0, 0.1) is 13.8 Å². The van der Waals surface area contributed by atoms with E-state index in [1.54, 1.807) is 36.4 Å². The first-order valence-corrected chi connectivity index (χ1v) is 17.8. The third-order valence-corrected chi connectivity index (χ3v) is 10.3. The number of ether oxygens (including phenoxy) is 3. The fourth-order valence-corrected chi connectivity index (χ4v) is 7.48. The summed E-state index contributed by atoms with van der Waals surface area (Å²) in [6.45, 7) is 6.83. The summed E-state index contributed by atoms with van der Waals surface area (Å²) < 4.78 is 46.9. The SMILES string of the molecule is Cc1ccc(OCCCN2C(C(C(=O)Nc3ccccc3OCc3ccccc3)N3C(=O)OC(C)(C)C3=O)=Nc3ccccc3S2(=O)=O)c(C)c1. The number of carbonyl (C=O) groups excluding carboxylic acids is 3. The summed E-state index contributed by atoms with van der Waals surface area (Å²) in [5.74, 6) is -1.12. The molecule has 12 nitrogen and oxygen atoms in total. The highest BCUT2D eigenvalue weighted by molar-refractivity contribution is 7.90. The van der Waals surface area contributed by atoms with E-state index in [0.29, 0.717) is 16.4 Å². The van der Waals surface area contributed by atoms with Crippen LogP contribution >= 0.6 is 0 Å². The molecule has 13 heteroatoms. The highest BCUT2D eigenvalue weighted by Gasteiger charge is 2.55. The maximum Gasteiger partial charge on any atom is 0.418 e. The van der Waals surface area contributed by atoms with E-state index in [2.05, 4.69) is 10.3 Å². The fraction of sp³-hybridized carbons (Fsp3) is 0.263. The van der Waals surface area contributed by atoms with E-state index >= 15 is 0 Å². The van der Waals surface area contributed by atoms with Crippen molar-refractivity contribution in [1.29, 1.82) is 0 Å². The lowest BCUT2D eigenvalue weighted by Crippen LogP contribution is -2.59. The second-order valence-electron chi connectivity index (χ2n) is 12.7. The molecule has 4 aromatic rings. The first kappa shape index (κ1) is 35.1. The number of nitrogens with zero attached hydrogens (tertiary/aromatic N) is 3. The average molecular weight is 711 g/mol. The van der Waals surface area contributed by atoms with Gasteiger partial charge in [-0.25, -0.2) is 23.1 Å². The number of rotatable bonds is 12. The topological polar surface area (TPSA) is 144 Å². The van der Waals surface area contributed by atoms with Crippen molar-refractivity contribution in [2.24, 2.45) is 4.99 Å². The van der Waals surface area contributed by atoms with Crippen LogP contribution in [0.15, 0.2) is 107 Å². The molecule has 0 aromatic heterocycles. The lowest BCUT2D eigenvalue weighted by Gasteiger charge is -2.35. The Morgan fingerprint density at radius 2 is 1.61 bits per heavy atom. The molecule has 1 saturated heterocycles. The van der Waals surface area contributed by atoms with E-state index < -0.39 is 39.6 Å². The molecule has 1 fully saturated rings. The monoisotopic (exact) mass is 710 g/mol. The van der Waals surface area contributed by atoms with E-state index in [1.165, 1.54) is 26.0 Å². The smallest absolute Gasteiger partial charge is 0.418 e. The van der Waals surface area contributed by atoms with Crippen molar-refractivity contribution in [2.75, 3.05) is 18.5 Å². The Labute approximate surface area is 296 Å². The Balaban J connectivity index is 1.36. The van der Waals surface area contributed by atoms with Gasteiger partial charge in [-0.1, -0.05) is 72.3 Å². The minimum Gasteiger partial charge on any atom is -0.493 e. The number of benzene rings is 4. The van der Waals surface area contributed by atoms with Crippen LogP contribution in [-0.2, 0) is 31.0 Å². The number of fused-ring (bicyclic) bond motifs is 1. The van der Waals surface area contributed by atoms with E-state index in [9.17, 15) is 22.8 Å². The number of sulfonamides is 1. The number of aryl methyl sites for hydroxylation is 2. The number of aliphatic imine (C=N–C) groups is 1. The van der Waals surface area contributed by atoms with Gasteiger partial charge in [-0.2, -0.15) is 0 Å². The molecule has 1 atom stereocenters. The highest BCUT2D eigenvalue weighted by Crippen LogP contribution is 2.36. The van der Waals surface area contributed by atoms with Gasteiger partial charge in [0.15, 0.2) is 17.5 Å². The molecule has 264 valence electrons. The van der Waals surface area contributed by atoms with Gasteiger partial charge in [0.05, 0.1) is 18.0 Å². The maximum atomic E-state index is 14.5. The maximum absolute atomic E-state index is 14.5. The van der Waals surface area contributed by atoms with Gasteiger partial charge in [-0.15, -0.1) is 0 Å². The zero-order valence-corrected chi connectivity index (χ0v) is 29.5. The summed E-state index contributed by atoms with van der Waals surface area (Å²) in [6, 6.07) is 26.1. The van der Waals surface area contributed by atoms with Crippen molar-refractivity contribution in [2.45, 2.75) is 57.3 Å². The van der Waals surface area contributed by atoms with Crippen LogP contribution in [0.2, 0.25) is 0 Å². The second-order valence-corrected chi connectivity index (χ2v) is 14.5. The van der Waals surface area contributed by atoms with E-state index in [0.717, 1.165) is 21.0 Å². The van der Waals surface area contributed by atoms with Crippen molar-refractivity contribution in [3.63, 3.8) is 0 Å². The Morgan fingerprint density at radius 1 is 0.902 bits per heavy atom. The van der Waals surface area contributed by atoms with Crippen molar-refractivity contribution < 1.29 is 37.0 Å². The fourth-order valence-electron chi connectivity index (χ4n) is 5.86. The number of nitrogens with one attached hydrogen (secondary N) is 1. The third kappa shape index (κ3) is 7.29. The van der Waals surface area contributed by atoms with E-state index in [4.69, 9.17) is 14.2 Å². The minimum absolute atomic E-state index is 0.0546. The number of amides is 3. The Hall–Kier alpha value is -5.69. The molecule has 2 aliphatic heterocycles. The van der Waals surface area contributed by atoms with Crippen LogP contribution in [0.1, 0.15) is 37.0 Å². The van der Waals surface area contributed by atoms with Crippen LogP contribution in [0.4, 0.5) is 16.2 Å². The lowest BCUT2D eigenvalue weighted by molar-refractivity contribution is -0.137. The summed E-state index contributed by atoms with van der Waals surface area (Å²) in [7, 11) is -4.33. The molecule has 2 aliphatic rings. The van der Waals surface area contributed by atoms with E-state index in [-0.39, 0.29) is 48.3 Å². The van der Waals surface area contributed by atoms with E-state index in [1.807, 2.05) is 62.4 Å². The normalized spacial score (nSPS) is 16.5. The predicted molar refractivity (Wildman–Crippen MR) is 190 cm³/mol. The van der Waals surface area contributed by atoms with Crippen molar-refractivity contribution in [3.8, 4) is 11.5 Å². The van der Waals surface area contributed by atoms with Gasteiger partial charge >= 0.3 is 6.09 Å². The van der Waals surface area contributed by atoms with Gasteiger partial charge in [0.1, 0.15) is 23.0 Å². The largest absolute Gasteiger partial charge is 0.493 e. The Kier molecular flexibility index (Phi) is 9.84. The first-order chi connectivity index (χ1) is 24.4. The number of amidine groups is 1. The molecule has 0 radical (unpaired) electrons. The molecular formula is C38H38N4O8S. The number of anilines is 1. The zero-order valence-electron chi connectivity index (χ0n) is 28.7. The zero-order chi connectivity index (χ0) is 36.3. The summed E-state index contributed by atoms with van der Waals surface area (Å²) >= 11 is 0. The standard InChI is InChI=1S/C38H38N4O8S/c1-25-19-20-30(26(2)23-25)48-22-12-21-41-34(39-29-16-9-11-18-32(29)51(41,46)47)33(42-36(44)38(3,4)50-37(42)45)35(43)40-28-15-8-10-17-31(28)49-24-27-13-6-5-7-14-27/h5-11,13-20,23,33H,12,21-22,24H2,1-4H3,(H,40,43). The average Bonchev–Trinajstić information content (AvgIpc) is 3.30. The minimum atomic E-state index is -4.33. The molecule has 4 aromatic carbocycles. The van der Waals surface area contributed by atoms with Crippen molar-refractivity contribution in [1.82, 2.24) is 9.21 Å². The van der Waals surface area contributed by atoms with Crippen LogP contribution < -0.4 is 14.8 Å². The molecular weight excluding hydrogens is 673 g/mol. The van der Waals surface area contributed by atoms with Crippen LogP contribution in [-0.4, -0.2) is 66.2 Å². The molecule has 2 heterocycles. The Morgan fingerprint density at radius 3 is 2.33 bits per heavy atom. The number of imide groups is 1. The van der Waals surface area contributed by atoms with Crippen LogP contribution in [0.5, 0.6) is 11.5 Å². The number of cyclic esters (lactones) is 1. The number of hydrogen-bond donors (Lipinski definition) is 1. The summed E-state index contributed by atoms with van der Waals surface area (Å²) in [6.07, 6.45) is -0.932. The Bertz CT molecular complexity index is 2120. The van der Waals surface area contributed by atoms with Gasteiger partial charge in [-0.05, 0) is 69.2 Å². The summed E-state index contributed by atoms with van der Waals surface area (Å²) in [5, 5.41) is 2.77. The van der Waals surface area contributed by atoms with Crippen LogP contribution in [0.25, 0.3) is 0 Å². The van der Waals surface area contributed by atoms with Crippen molar-refractivity contribution >= 4 is 45.1 Å². The van der Waals surface area contributed by atoms with Gasteiger partial charge < -0.3 is 19.5 Å². The predicted octanol–water partition coefficient (Wildman–Crippen LogP) is 6.15. The number of hydrogen-bond acceptors (Lipinski definition) is 9. The first-order valence-electron chi connectivity index (χ1n) is 16.4. The highest BCUT2D eigenvalue weighted by atomic mass is 32.2. The summed E-state index contributed by atoms with van der Waals surface area (Å²) in [4.78, 5) is 46.8. The number of para-hydroxylation sites is 3.